The van der Waals surface area contributed by atoms with E-state index >= 15 is 0 Å². The Morgan fingerprint density at radius 2 is 2.10 bits per heavy atom. The van der Waals surface area contributed by atoms with E-state index in [1.807, 2.05) is 6.92 Å². The van der Waals surface area contributed by atoms with Crippen LogP contribution >= 0.6 is 22.9 Å². The maximum Gasteiger partial charge on any atom is 0.433 e. The van der Waals surface area contributed by atoms with Crippen LogP contribution in [0.2, 0.25) is 5.02 Å². The highest BCUT2D eigenvalue weighted by molar-refractivity contribution is 7.13. The van der Waals surface area contributed by atoms with Crippen LogP contribution in [0.1, 0.15) is 28.8 Å². The maximum atomic E-state index is 13.7. The van der Waals surface area contributed by atoms with Crippen molar-refractivity contribution in [2.24, 2.45) is 0 Å². The van der Waals surface area contributed by atoms with E-state index in [1.54, 1.807) is 34.5 Å². The smallest absolute Gasteiger partial charge is 0.334 e. The Morgan fingerprint density at radius 1 is 1.32 bits per heavy atom. The van der Waals surface area contributed by atoms with Crippen LogP contribution in [0.3, 0.4) is 0 Å². The van der Waals surface area contributed by atoms with Gasteiger partial charge in [0.25, 0.3) is 5.91 Å². The molecule has 0 aliphatic rings. The van der Waals surface area contributed by atoms with Gasteiger partial charge in [-0.3, -0.25) is 9.48 Å². The number of halogens is 4. The first-order valence-corrected chi connectivity index (χ1v) is 10.4. The zero-order valence-electron chi connectivity index (χ0n) is 16.4. The molecule has 4 heterocycles. The highest BCUT2D eigenvalue weighted by Crippen LogP contribution is 2.35. The fourth-order valence-corrected chi connectivity index (χ4v) is 4.08. The lowest BCUT2D eigenvalue weighted by Gasteiger charge is -2.16. The summed E-state index contributed by atoms with van der Waals surface area (Å²) in [5, 5.41) is 9.53. The summed E-state index contributed by atoms with van der Waals surface area (Å²) in [6.45, 7) is 2.72. The third-order valence-electron chi connectivity index (χ3n) is 4.65. The molecule has 0 N–H and O–H groups in total. The summed E-state index contributed by atoms with van der Waals surface area (Å²) in [5.74, 6) is -0.620. The molecular weight excluding hydrogens is 453 g/mol. The fourth-order valence-electron chi connectivity index (χ4n) is 3.16. The zero-order chi connectivity index (χ0) is 22.3. The first kappa shape index (κ1) is 21.3. The number of hydrogen-bond donors (Lipinski definition) is 0. The first-order chi connectivity index (χ1) is 14.7. The van der Waals surface area contributed by atoms with E-state index in [9.17, 15) is 18.0 Å². The molecule has 0 aliphatic heterocycles. The van der Waals surface area contributed by atoms with E-state index in [4.69, 9.17) is 11.6 Å². The summed E-state index contributed by atoms with van der Waals surface area (Å²) >= 11 is 7.56. The molecule has 0 saturated heterocycles. The van der Waals surface area contributed by atoms with Gasteiger partial charge >= 0.3 is 6.18 Å². The average Bonchev–Trinajstić information content (AvgIpc) is 3.46. The van der Waals surface area contributed by atoms with Crippen molar-refractivity contribution in [2.45, 2.75) is 26.2 Å². The lowest BCUT2D eigenvalue weighted by molar-refractivity contribution is -0.142. The number of hydrogen-bond acceptors (Lipinski definition) is 5. The summed E-state index contributed by atoms with van der Waals surface area (Å²) < 4.78 is 43.5. The van der Waals surface area contributed by atoms with Gasteiger partial charge in [-0.05, 0) is 30.5 Å². The molecule has 4 rings (SSSR count). The molecule has 31 heavy (non-hydrogen) atoms. The number of nitrogens with zero attached hydrogens (tertiary/aromatic N) is 6. The van der Waals surface area contributed by atoms with Gasteiger partial charge in [-0.15, -0.1) is 11.3 Å². The lowest BCUT2D eigenvalue weighted by atomic mass is 10.2. The number of carbonyl (C=O) groups excluding carboxylic acids is 1. The van der Waals surface area contributed by atoms with Crippen LogP contribution in [0.25, 0.3) is 16.2 Å². The van der Waals surface area contributed by atoms with Crippen LogP contribution in [0.15, 0.2) is 35.8 Å². The number of rotatable bonds is 5. The Morgan fingerprint density at radius 3 is 2.74 bits per heavy atom. The SMILES string of the molecule is CCn1nccc1CN(C)C(=O)c1nn2c(C(F)(F)F)cc(-c3cccs3)nc2c1Cl. The Bertz CT molecular complexity index is 1250. The summed E-state index contributed by atoms with van der Waals surface area (Å²) in [6.07, 6.45) is -3.11. The van der Waals surface area contributed by atoms with Crippen molar-refractivity contribution in [2.75, 3.05) is 7.05 Å². The number of thiophene rings is 1. The minimum Gasteiger partial charge on any atom is -0.334 e. The van der Waals surface area contributed by atoms with Crippen molar-refractivity contribution < 1.29 is 18.0 Å². The van der Waals surface area contributed by atoms with Crippen LogP contribution in [-0.4, -0.2) is 42.2 Å². The summed E-state index contributed by atoms with van der Waals surface area (Å²) in [4.78, 5) is 19.1. The summed E-state index contributed by atoms with van der Waals surface area (Å²) in [6, 6.07) is 6.03. The van der Waals surface area contributed by atoms with Gasteiger partial charge in [-0.25, -0.2) is 9.50 Å². The number of carbonyl (C=O) groups is 1. The molecule has 7 nitrogen and oxygen atoms in total. The van der Waals surface area contributed by atoms with Crippen LogP contribution in [-0.2, 0) is 19.3 Å². The van der Waals surface area contributed by atoms with Gasteiger partial charge in [0.2, 0.25) is 0 Å². The molecule has 0 radical (unpaired) electrons. The Labute approximate surface area is 183 Å². The van der Waals surface area contributed by atoms with Crippen molar-refractivity contribution in [1.82, 2.24) is 29.3 Å². The first-order valence-electron chi connectivity index (χ1n) is 9.17. The molecule has 4 aromatic heterocycles. The van der Waals surface area contributed by atoms with Crippen LogP contribution in [0.4, 0.5) is 13.2 Å². The van der Waals surface area contributed by atoms with Gasteiger partial charge in [0.15, 0.2) is 17.0 Å². The Hall–Kier alpha value is -2.92. The standard InChI is InChI=1S/C19H16ClF3N6OS/c1-3-28-11(6-7-24-28)10-27(2)18(30)16-15(20)17-25-12(13-5-4-8-31-13)9-14(19(21,22)23)29(17)26-16/h4-9H,3,10H2,1-2H3. The third-order valence-corrected chi connectivity index (χ3v) is 5.89. The maximum absolute atomic E-state index is 13.7. The van der Waals surface area contributed by atoms with Gasteiger partial charge in [0.1, 0.15) is 5.02 Å². The van der Waals surface area contributed by atoms with Crippen LogP contribution in [0.5, 0.6) is 0 Å². The van der Waals surface area contributed by atoms with Crippen LogP contribution in [0, 0.1) is 0 Å². The van der Waals surface area contributed by atoms with E-state index < -0.39 is 17.8 Å². The molecule has 0 aromatic carbocycles. The number of amides is 1. The van der Waals surface area contributed by atoms with Gasteiger partial charge in [0, 0.05) is 19.8 Å². The highest BCUT2D eigenvalue weighted by atomic mass is 35.5. The molecule has 162 valence electrons. The molecule has 0 unspecified atom stereocenters. The van der Waals surface area contributed by atoms with Crippen molar-refractivity contribution in [3.63, 3.8) is 0 Å². The molecule has 12 heteroatoms. The predicted molar refractivity (Wildman–Crippen MR) is 110 cm³/mol. The van der Waals surface area contributed by atoms with E-state index in [0.29, 0.717) is 15.9 Å². The number of fused-ring (bicyclic) bond motifs is 1. The second-order valence-corrected chi connectivity index (χ2v) is 8.02. The number of alkyl halides is 3. The van der Waals surface area contributed by atoms with Gasteiger partial charge in [-0.2, -0.15) is 23.4 Å². The normalized spacial score (nSPS) is 11.9. The molecular formula is C19H16ClF3N6OS. The van der Waals surface area contributed by atoms with Crippen molar-refractivity contribution >= 4 is 34.5 Å². The summed E-state index contributed by atoms with van der Waals surface area (Å²) in [7, 11) is 1.52. The van der Waals surface area contributed by atoms with Crippen LogP contribution < -0.4 is 0 Å². The largest absolute Gasteiger partial charge is 0.433 e. The minimum atomic E-state index is -4.72. The molecule has 1 amide bonds. The average molecular weight is 469 g/mol. The second kappa shape index (κ2) is 7.97. The van der Waals surface area contributed by atoms with E-state index in [2.05, 4.69) is 15.2 Å². The Balaban J connectivity index is 1.78. The third kappa shape index (κ3) is 3.90. The van der Waals surface area contributed by atoms with Gasteiger partial charge in [-0.1, -0.05) is 17.7 Å². The lowest BCUT2D eigenvalue weighted by Crippen LogP contribution is -2.28. The highest BCUT2D eigenvalue weighted by Gasteiger charge is 2.37. The molecule has 0 atom stereocenters. The minimum absolute atomic E-state index is 0.107. The number of aryl methyl sites for hydroxylation is 1. The molecule has 0 fully saturated rings. The molecule has 0 saturated carbocycles. The van der Waals surface area contributed by atoms with E-state index in [-0.39, 0.29) is 28.6 Å². The van der Waals surface area contributed by atoms with E-state index in [1.165, 1.54) is 23.3 Å². The van der Waals surface area contributed by atoms with Crippen molar-refractivity contribution in [3.8, 4) is 10.6 Å². The quantitative estimate of drug-likeness (QED) is 0.428. The number of aromatic nitrogens is 5. The van der Waals surface area contributed by atoms with Gasteiger partial charge < -0.3 is 4.90 Å². The van der Waals surface area contributed by atoms with Crippen molar-refractivity contribution in [1.29, 1.82) is 0 Å². The van der Waals surface area contributed by atoms with Crippen molar-refractivity contribution in [3.05, 3.63) is 57.9 Å². The fraction of sp³-hybridized carbons (Fsp3) is 0.263. The topological polar surface area (TPSA) is 68.3 Å². The molecule has 0 aliphatic carbocycles. The van der Waals surface area contributed by atoms with E-state index in [0.717, 1.165) is 11.8 Å². The Kier molecular flexibility index (Phi) is 5.48. The molecule has 0 spiro atoms. The summed E-state index contributed by atoms with van der Waals surface area (Å²) in [5.41, 5.74) is -0.708. The molecule has 4 aromatic rings. The monoisotopic (exact) mass is 468 g/mol. The van der Waals surface area contributed by atoms with Gasteiger partial charge in [0.05, 0.1) is 22.8 Å². The predicted octanol–water partition coefficient (Wildman–Crippen LogP) is 4.62. The second-order valence-electron chi connectivity index (χ2n) is 6.70. The molecule has 0 bridgehead atoms. The zero-order valence-corrected chi connectivity index (χ0v) is 18.0.